The van der Waals surface area contributed by atoms with Gasteiger partial charge >= 0.3 is 30.5 Å². The molecule has 0 aromatic rings. The first-order chi connectivity index (χ1) is 2.00. The molecule has 0 atom stereocenters. The molecule has 0 aromatic heterocycles. The van der Waals surface area contributed by atoms with Crippen LogP contribution in [0.1, 0.15) is 0 Å². The van der Waals surface area contributed by atoms with Gasteiger partial charge in [0.1, 0.15) is 0 Å². The van der Waals surface area contributed by atoms with Crippen molar-refractivity contribution in [2.24, 2.45) is 0 Å². The van der Waals surface area contributed by atoms with Gasteiger partial charge in [-0.3, -0.25) is 0 Å². The molecule has 0 rings (SSSR count). The third kappa shape index (κ3) is 91.9. The van der Waals surface area contributed by atoms with E-state index >= 15 is 0 Å². The number of hydrogen-bond donors (Lipinski definition) is 3. The Morgan fingerprint density at radius 1 is 1.17 bits per heavy atom. The summed E-state index contributed by atoms with van der Waals surface area (Å²) in [6.07, 6.45) is 0. The summed E-state index contributed by atoms with van der Waals surface area (Å²) in [7, 11) is 0. The summed E-state index contributed by atoms with van der Waals surface area (Å²) in [6, 6.07) is 0. The zero-order chi connectivity index (χ0) is 4.50. The van der Waals surface area contributed by atoms with E-state index in [1.165, 1.54) is 0 Å². The van der Waals surface area contributed by atoms with Gasteiger partial charge in [-0.1, -0.05) is 0 Å². The maximum Gasteiger partial charge on any atom is 0 e. The molecule has 4 nitrogen and oxygen atoms in total. The van der Waals surface area contributed by atoms with Crippen molar-refractivity contribution in [2.75, 3.05) is 0 Å². The Kier molecular flexibility index (Phi) is 4.96. The van der Waals surface area contributed by atoms with Crippen LogP contribution >= 0.6 is 0 Å². The van der Waals surface area contributed by atoms with Crippen molar-refractivity contribution in [1.82, 2.24) is 0 Å². The van der Waals surface area contributed by atoms with Crippen molar-refractivity contribution >= 4 is 14.5 Å². The van der Waals surface area contributed by atoms with Gasteiger partial charge in [-0.2, -0.15) is 0 Å². The van der Waals surface area contributed by atoms with Crippen molar-refractivity contribution < 1.29 is 36.4 Å². The van der Waals surface area contributed by atoms with Gasteiger partial charge in [0, 0.05) is 20.4 Å². The zero-order valence-corrected chi connectivity index (χ0v) is 5.94. The van der Waals surface area contributed by atoms with E-state index in [-0.39, 0.29) is 20.4 Å². The Bertz CT molecular complexity index is 53.7. The normalized spacial score (nSPS) is 9.83. The van der Waals surface area contributed by atoms with Crippen LogP contribution in [0.4, 0.5) is 0 Å². The zero-order valence-electron chi connectivity index (χ0n) is 2.51. The molecule has 0 aliphatic heterocycles. The van der Waals surface area contributed by atoms with Gasteiger partial charge in [0.25, 0.3) is 0 Å². The molecule has 6 heavy (non-hydrogen) atoms. The average Bonchev–Trinajstić information content (AvgIpc) is 0.722. The first-order valence-electron chi connectivity index (χ1n) is 0.783. The molecule has 3 N–H and O–H groups in total. The van der Waals surface area contributed by atoms with Gasteiger partial charge < -0.3 is 0 Å². The summed E-state index contributed by atoms with van der Waals surface area (Å²) in [6.45, 7) is 0. The molecule has 0 aliphatic carbocycles. The smallest absolute Gasteiger partial charge is 0 e. The summed E-state index contributed by atoms with van der Waals surface area (Å²) in [5, 5.41) is 0. The minimum absolute atomic E-state index is 0. The van der Waals surface area contributed by atoms with E-state index in [2.05, 4.69) is 0 Å². The van der Waals surface area contributed by atoms with Crippen LogP contribution < -0.4 is 0 Å². The van der Waals surface area contributed by atoms with Crippen LogP contribution in [0, 0.1) is 0 Å². The predicted molar refractivity (Wildman–Crippen MR) is 13.1 cm³/mol. The third-order valence-electron chi connectivity index (χ3n) is 0. The fourth-order valence-electron chi connectivity index (χ4n) is 0. The molecule has 0 heterocycles. The van der Waals surface area contributed by atoms with E-state index in [0.717, 1.165) is 0 Å². The van der Waals surface area contributed by atoms with Crippen LogP contribution in [0.5, 0.6) is 0 Å². The summed E-state index contributed by atoms with van der Waals surface area (Å²) >= 11 is -5.12. The second-order valence-corrected chi connectivity index (χ2v) is 2.67. The molecular weight excluding hydrogens is 245 g/mol. The van der Waals surface area contributed by atoms with Crippen LogP contribution in [-0.4, -0.2) is 26.8 Å². The molecule has 0 saturated carbocycles. The Labute approximate surface area is 51.2 Å². The van der Waals surface area contributed by atoms with Gasteiger partial charge in [-0.05, 0) is 0 Å². The van der Waals surface area contributed by atoms with E-state index < -0.39 is 14.5 Å². The van der Waals surface area contributed by atoms with Gasteiger partial charge in [0.2, 0.25) is 0 Å². The number of hydrogen-bond acceptors (Lipinski definition) is 1. The summed E-state index contributed by atoms with van der Waals surface area (Å²) in [4.78, 5) is 0. The van der Waals surface area contributed by atoms with E-state index in [4.69, 9.17) is 16.0 Å². The quantitative estimate of drug-likeness (QED) is 0.426. The molecule has 0 spiro atoms. The van der Waals surface area contributed by atoms with Gasteiger partial charge in [-0.25, -0.2) is 0 Å². The minimum Gasteiger partial charge on any atom is 0 e. The molecular formula is H3AsO4Pd. The van der Waals surface area contributed by atoms with Crippen LogP contribution in [0.25, 0.3) is 0 Å². The molecule has 42 valence electrons. The predicted octanol–water partition coefficient (Wildman–Crippen LogP) is -2.17. The molecule has 0 aliphatic rings. The molecule has 0 fully saturated rings. The molecule has 0 aromatic carbocycles. The van der Waals surface area contributed by atoms with Crippen molar-refractivity contribution in [1.29, 1.82) is 0 Å². The van der Waals surface area contributed by atoms with E-state index in [1.807, 2.05) is 0 Å². The first kappa shape index (κ1) is 10.0. The standard InChI is InChI=1S/AsH3O4.Pd/c2-1(3,4)5;/h(H3,2,3,4,5);. The fraction of sp³-hybridized carbons (Fsp3) is 0. The Hall–Kier alpha value is 0.901. The van der Waals surface area contributed by atoms with Gasteiger partial charge in [-0.15, -0.1) is 0 Å². The molecule has 6 heteroatoms. The first-order valence-corrected chi connectivity index (χ1v) is 4.07. The van der Waals surface area contributed by atoms with Crippen LogP contribution in [0.3, 0.4) is 0 Å². The third-order valence-corrected chi connectivity index (χ3v) is 0. The summed E-state index contributed by atoms with van der Waals surface area (Å²) in [5.41, 5.74) is 0. The monoisotopic (exact) mass is 248 g/mol. The molecule has 0 unspecified atom stereocenters. The van der Waals surface area contributed by atoms with Gasteiger partial charge in [0.15, 0.2) is 0 Å². The van der Waals surface area contributed by atoms with Crippen molar-refractivity contribution in [3.63, 3.8) is 0 Å². The van der Waals surface area contributed by atoms with Crippen LogP contribution in [0.15, 0.2) is 0 Å². The van der Waals surface area contributed by atoms with Crippen molar-refractivity contribution in [3.05, 3.63) is 0 Å². The number of rotatable bonds is 0. The maximum atomic E-state index is 8.94. The molecule has 0 saturated heterocycles. The van der Waals surface area contributed by atoms with E-state index in [9.17, 15) is 0 Å². The van der Waals surface area contributed by atoms with E-state index in [0.29, 0.717) is 0 Å². The van der Waals surface area contributed by atoms with E-state index in [1.54, 1.807) is 0 Å². The van der Waals surface area contributed by atoms with Gasteiger partial charge in [0.05, 0.1) is 0 Å². The maximum absolute atomic E-state index is 8.94. The second kappa shape index (κ2) is 2.98. The summed E-state index contributed by atoms with van der Waals surface area (Å²) < 4.78 is 30.7. The molecule has 0 bridgehead atoms. The van der Waals surface area contributed by atoms with Crippen LogP contribution in [0.2, 0.25) is 0 Å². The molecule has 0 amide bonds. The summed E-state index contributed by atoms with van der Waals surface area (Å²) in [5.74, 6) is 0. The largest absolute Gasteiger partial charge is 0 e. The van der Waals surface area contributed by atoms with Crippen molar-refractivity contribution in [2.45, 2.75) is 0 Å². The molecule has 0 radical (unpaired) electrons. The Morgan fingerprint density at radius 3 is 1.17 bits per heavy atom. The average molecular weight is 248 g/mol. The Morgan fingerprint density at radius 2 is 1.17 bits per heavy atom. The second-order valence-electron chi connectivity index (χ2n) is 0.513. The van der Waals surface area contributed by atoms with Crippen LogP contribution in [-0.2, 0) is 24.2 Å². The van der Waals surface area contributed by atoms with Crippen molar-refractivity contribution in [3.8, 4) is 0 Å². The topological polar surface area (TPSA) is 77.8 Å². The fourth-order valence-corrected chi connectivity index (χ4v) is 0. The Balaban J connectivity index is 0. The minimum atomic E-state index is -5.12. The SMILES string of the molecule is O=[As](O)(O)O.[Pd].